The van der Waals surface area contributed by atoms with Gasteiger partial charge in [-0.15, -0.1) is 0 Å². The van der Waals surface area contributed by atoms with E-state index in [9.17, 15) is 0 Å². The van der Waals surface area contributed by atoms with E-state index in [1.54, 1.807) is 0 Å². The summed E-state index contributed by atoms with van der Waals surface area (Å²) in [4.78, 5) is 0. The van der Waals surface area contributed by atoms with Gasteiger partial charge in [0.1, 0.15) is 7.85 Å². The standard InChI is InChI=1S/C6H6BCl.2H2O/c7-5-1-3-6(8)4-2-5;;/h1-4H,7H2;2*1H2. The Morgan fingerprint density at radius 3 is 1.70 bits per heavy atom. The molecule has 0 aromatic heterocycles. The third kappa shape index (κ3) is 3.51. The van der Waals surface area contributed by atoms with Gasteiger partial charge in [-0.05, 0) is 12.1 Å². The molecule has 0 aliphatic heterocycles. The fraction of sp³-hybridized carbons (Fsp3) is 0. The summed E-state index contributed by atoms with van der Waals surface area (Å²) in [6, 6.07) is 7.75. The van der Waals surface area contributed by atoms with Crippen molar-refractivity contribution in [3.63, 3.8) is 0 Å². The van der Waals surface area contributed by atoms with Crippen molar-refractivity contribution in [2.45, 2.75) is 0 Å². The Kier molecular flexibility index (Phi) is 6.46. The fourth-order valence-corrected chi connectivity index (χ4v) is 0.659. The summed E-state index contributed by atoms with van der Waals surface area (Å²) >= 11 is 5.61. The van der Waals surface area contributed by atoms with E-state index in [1.807, 2.05) is 32.1 Å². The average Bonchev–Trinajstić information content (AvgIpc) is 1.77. The molecule has 0 atom stereocenters. The van der Waals surface area contributed by atoms with Crippen LogP contribution in [0.4, 0.5) is 0 Å². The Balaban J connectivity index is 0. The maximum absolute atomic E-state index is 5.61. The molecule has 4 N–H and O–H groups in total. The van der Waals surface area contributed by atoms with E-state index in [1.165, 1.54) is 5.46 Å². The molecule has 10 heavy (non-hydrogen) atoms. The van der Waals surface area contributed by atoms with Crippen molar-refractivity contribution in [1.82, 2.24) is 0 Å². The largest absolute Gasteiger partial charge is 0.412 e. The van der Waals surface area contributed by atoms with Gasteiger partial charge in [-0.1, -0.05) is 29.2 Å². The van der Waals surface area contributed by atoms with E-state index in [-0.39, 0.29) is 11.0 Å². The molecule has 0 saturated carbocycles. The molecule has 1 rings (SSSR count). The second-order valence-corrected chi connectivity index (χ2v) is 2.23. The molecular formula is C6H10BClO2. The summed E-state index contributed by atoms with van der Waals surface area (Å²) in [7, 11) is 2.04. The molecule has 0 unspecified atom stereocenters. The predicted molar refractivity (Wildman–Crippen MR) is 46.9 cm³/mol. The van der Waals surface area contributed by atoms with Crippen LogP contribution in [0.1, 0.15) is 0 Å². The molecule has 0 saturated heterocycles. The van der Waals surface area contributed by atoms with Crippen LogP contribution in [0, 0.1) is 0 Å². The molecule has 0 bridgehead atoms. The third-order valence-electron chi connectivity index (χ3n) is 1.01. The molecule has 0 aliphatic rings. The Morgan fingerprint density at radius 2 is 1.40 bits per heavy atom. The first-order valence-corrected chi connectivity index (χ1v) is 2.89. The maximum Gasteiger partial charge on any atom is 0.139 e. The number of hydrogen-bond donors (Lipinski definition) is 0. The van der Waals surface area contributed by atoms with E-state index >= 15 is 0 Å². The Labute approximate surface area is 65.8 Å². The van der Waals surface area contributed by atoms with Crippen molar-refractivity contribution in [3.8, 4) is 0 Å². The SMILES string of the molecule is Bc1ccc(Cl)cc1.O.O. The van der Waals surface area contributed by atoms with Crippen LogP contribution in [0.2, 0.25) is 5.02 Å². The van der Waals surface area contributed by atoms with Crippen molar-refractivity contribution in [2.75, 3.05) is 0 Å². The third-order valence-corrected chi connectivity index (χ3v) is 1.26. The zero-order chi connectivity index (χ0) is 5.98. The maximum atomic E-state index is 5.61. The van der Waals surface area contributed by atoms with Crippen LogP contribution >= 0.6 is 11.6 Å². The van der Waals surface area contributed by atoms with Crippen LogP contribution in [0.3, 0.4) is 0 Å². The summed E-state index contributed by atoms with van der Waals surface area (Å²) < 4.78 is 0. The van der Waals surface area contributed by atoms with E-state index in [2.05, 4.69) is 0 Å². The van der Waals surface area contributed by atoms with Gasteiger partial charge in [0.2, 0.25) is 0 Å². The minimum atomic E-state index is 0. The van der Waals surface area contributed by atoms with Crippen molar-refractivity contribution in [1.29, 1.82) is 0 Å². The smallest absolute Gasteiger partial charge is 0.139 e. The highest BCUT2D eigenvalue weighted by molar-refractivity contribution is 6.34. The summed E-state index contributed by atoms with van der Waals surface area (Å²) in [5, 5.41) is 0.801. The lowest BCUT2D eigenvalue weighted by Crippen LogP contribution is -1.97. The normalized spacial score (nSPS) is 7.30. The van der Waals surface area contributed by atoms with Gasteiger partial charge in [-0.2, -0.15) is 0 Å². The number of benzene rings is 1. The molecule has 0 spiro atoms. The molecule has 1 aromatic rings. The van der Waals surface area contributed by atoms with Gasteiger partial charge in [0.25, 0.3) is 0 Å². The van der Waals surface area contributed by atoms with Crippen LogP contribution in [-0.4, -0.2) is 18.8 Å². The molecule has 0 fully saturated rings. The molecule has 0 heterocycles. The summed E-state index contributed by atoms with van der Waals surface area (Å²) in [5.41, 5.74) is 1.24. The number of rotatable bonds is 0. The summed E-state index contributed by atoms with van der Waals surface area (Å²) in [6.45, 7) is 0. The van der Waals surface area contributed by atoms with Crippen molar-refractivity contribution < 1.29 is 11.0 Å². The van der Waals surface area contributed by atoms with Crippen LogP contribution in [0.15, 0.2) is 24.3 Å². The van der Waals surface area contributed by atoms with Gasteiger partial charge >= 0.3 is 0 Å². The number of halogens is 1. The van der Waals surface area contributed by atoms with Crippen molar-refractivity contribution in [3.05, 3.63) is 29.3 Å². The van der Waals surface area contributed by atoms with Gasteiger partial charge in [-0.25, -0.2) is 0 Å². The minimum Gasteiger partial charge on any atom is -0.412 e. The molecule has 1 aromatic carbocycles. The average molecular weight is 160 g/mol. The van der Waals surface area contributed by atoms with Gasteiger partial charge in [0, 0.05) is 5.02 Å². The Hall–Kier alpha value is -0.505. The van der Waals surface area contributed by atoms with E-state index in [4.69, 9.17) is 11.6 Å². The van der Waals surface area contributed by atoms with Crippen molar-refractivity contribution in [2.24, 2.45) is 0 Å². The number of hydrogen-bond acceptors (Lipinski definition) is 0. The van der Waals surface area contributed by atoms with E-state index in [0.717, 1.165) is 5.02 Å². The van der Waals surface area contributed by atoms with Crippen LogP contribution in [0.25, 0.3) is 0 Å². The molecule has 2 nitrogen and oxygen atoms in total. The monoisotopic (exact) mass is 160 g/mol. The second kappa shape index (κ2) is 5.29. The van der Waals surface area contributed by atoms with Crippen LogP contribution in [0.5, 0.6) is 0 Å². The topological polar surface area (TPSA) is 63.0 Å². The van der Waals surface area contributed by atoms with Crippen molar-refractivity contribution >= 4 is 24.9 Å². The Bertz CT molecular complexity index is 155. The highest BCUT2D eigenvalue weighted by atomic mass is 35.5. The molecule has 4 heteroatoms. The van der Waals surface area contributed by atoms with E-state index < -0.39 is 0 Å². The van der Waals surface area contributed by atoms with Gasteiger partial charge < -0.3 is 11.0 Å². The predicted octanol–water partition coefficient (Wildman–Crippen LogP) is -1.05. The van der Waals surface area contributed by atoms with Gasteiger partial charge in [0.05, 0.1) is 0 Å². The lowest BCUT2D eigenvalue weighted by atomic mass is 9.97. The lowest BCUT2D eigenvalue weighted by Gasteiger charge is -1.88. The van der Waals surface area contributed by atoms with Gasteiger partial charge in [-0.3, -0.25) is 0 Å². The first-order valence-electron chi connectivity index (χ1n) is 2.51. The first kappa shape index (κ1) is 12.2. The molecule has 0 aliphatic carbocycles. The van der Waals surface area contributed by atoms with Crippen LogP contribution < -0.4 is 5.46 Å². The van der Waals surface area contributed by atoms with E-state index in [0.29, 0.717) is 0 Å². The summed E-state index contributed by atoms with van der Waals surface area (Å²) in [6.07, 6.45) is 0. The Morgan fingerprint density at radius 1 is 1.00 bits per heavy atom. The molecular weight excluding hydrogens is 150 g/mol. The summed E-state index contributed by atoms with van der Waals surface area (Å²) in [5.74, 6) is 0. The quantitative estimate of drug-likeness (QED) is 0.435. The molecule has 56 valence electrons. The van der Waals surface area contributed by atoms with Gasteiger partial charge in [0.15, 0.2) is 0 Å². The highest BCUT2D eigenvalue weighted by Crippen LogP contribution is 2.02. The minimum absolute atomic E-state index is 0. The zero-order valence-electron chi connectivity index (χ0n) is 5.69. The molecule has 0 radical (unpaired) electrons. The lowest BCUT2D eigenvalue weighted by molar-refractivity contribution is 0.823. The first-order chi connectivity index (χ1) is 3.79. The second-order valence-electron chi connectivity index (χ2n) is 1.80. The highest BCUT2D eigenvalue weighted by Gasteiger charge is 1.82. The van der Waals surface area contributed by atoms with Crippen LogP contribution in [-0.2, 0) is 0 Å². The fourth-order valence-electron chi connectivity index (χ4n) is 0.533. The zero-order valence-corrected chi connectivity index (χ0v) is 6.44. The molecule has 0 amide bonds.